The van der Waals surface area contributed by atoms with Crippen molar-refractivity contribution in [1.29, 1.82) is 0 Å². The van der Waals surface area contributed by atoms with Gasteiger partial charge in [-0.2, -0.15) is 0 Å². The number of amides is 5. The van der Waals surface area contributed by atoms with Crippen LogP contribution in [0.3, 0.4) is 0 Å². The highest BCUT2D eigenvalue weighted by molar-refractivity contribution is 5.94. The Hall–Kier alpha value is -3.22. The van der Waals surface area contributed by atoms with Crippen molar-refractivity contribution in [2.45, 2.75) is 70.6 Å². The van der Waals surface area contributed by atoms with E-state index in [-0.39, 0.29) is 25.7 Å². The first-order chi connectivity index (χ1) is 14.3. The van der Waals surface area contributed by atoms with Crippen LogP contribution in [0.5, 0.6) is 0 Å². The Bertz CT molecular complexity index is 697. The van der Waals surface area contributed by atoms with Crippen molar-refractivity contribution >= 4 is 35.5 Å². The highest BCUT2D eigenvalue weighted by atomic mass is 16.4. The van der Waals surface area contributed by atoms with Crippen LogP contribution in [0, 0.1) is 5.92 Å². The fourth-order valence-electron chi connectivity index (χ4n) is 2.43. The van der Waals surface area contributed by atoms with E-state index in [1.54, 1.807) is 13.8 Å². The zero-order valence-electron chi connectivity index (χ0n) is 17.8. The molecule has 0 aliphatic carbocycles. The third-order valence-corrected chi connectivity index (χ3v) is 4.33. The second-order valence-electron chi connectivity index (χ2n) is 7.48. The molecule has 0 heterocycles. The van der Waals surface area contributed by atoms with Crippen LogP contribution in [0.1, 0.15) is 46.5 Å². The van der Waals surface area contributed by atoms with Crippen molar-refractivity contribution in [2.75, 3.05) is 0 Å². The molecule has 0 fully saturated rings. The number of hydrogen-bond donors (Lipinski definition) is 7. The van der Waals surface area contributed by atoms with Crippen molar-refractivity contribution in [3.8, 4) is 0 Å². The molecule has 0 aliphatic heterocycles. The van der Waals surface area contributed by atoms with E-state index in [2.05, 4.69) is 16.0 Å². The molecular formula is C18H32N6O7. The van der Waals surface area contributed by atoms with E-state index in [0.717, 1.165) is 0 Å². The van der Waals surface area contributed by atoms with E-state index in [1.165, 1.54) is 6.92 Å². The summed E-state index contributed by atoms with van der Waals surface area (Å²) in [5.41, 5.74) is 15.8. The molecule has 0 saturated heterocycles. The van der Waals surface area contributed by atoms with Gasteiger partial charge in [-0.1, -0.05) is 13.8 Å². The highest BCUT2D eigenvalue weighted by Gasteiger charge is 2.29. The predicted octanol–water partition coefficient (Wildman–Crippen LogP) is -2.94. The summed E-state index contributed by atoms with van der Waals surface area (Å²) in [4.78, 5) is 70.1. The maximum Gasteiger partial charge on any atom is 0.326 e. The first-order valence-corrected chi connectivity index (χ1v) is 9.72. The number of rotatable bonds is 14. The Morgan fingerprint density at radius 3 is 1.74 bits per heavy atom. The minimum absolute atomic E-state index is 0.0457. The van der Waals surface area contributed by atoms with Gasteiger partial charge in [-0.25, -0.2) is 4.79 Å². The first-order valence-electron chi connectivity index (χ1n) is 9.72. The number of hydrogen-bond acceptors (Lipinski definition) is 7. The molecule has 176 valence electrons. The molecule has 0 aliphatic rings. The van der Waals surface area contributed by atoms with Crippen LogP contribution in [0.25, 0.3) is 0 Å². The zero-order valence-corrected chi connectivity index (χ0v) is 17.8. The summed E-state index contributed by atoms with van der Waals surface area (Å²) in [5.74, 6) is -5.27. The third-order valence-electron chi connectivity index (χ3n) is 4.33. The largest absolute Gasteiger partial charge is 0.480 e. The molecule has 0 aromatic carbocycles. The van der Waals surface area contributed by atoms with Crippen molar-refractivity contribution in [3.05, 3.63) is 0 Å². The van der Waals surface area contributed by atoms with Gasteiger partial charge < -0.3 is 38.3 Å². The molecule has 13 heteroatoms. The number of nitrogens with two attached hydrogens (primary N) is 3. The Morgan fingerprint density at radius 1 is 0.774 bits per heavy atom. The summed E-state index contributed by atoms with van der Waals surface area (Å²) in [7, 11) is 0. The van der Waals surface area contributed by atoms with Gasteiger partial charge in [0.1, 0.15) is 18.1 Å². The van der Waals surface area contributed by atoms with Crippen LogP contribution < -0.4 is 33.2 Å². The maximum absolute atomic E-state index is 12.6. The minimum atomic E-state index is -1.24. The van der Waals surface area contributed by atoms with Crippen LogP contribution in [0.15, 0.2) is 0 Å². The quantitative estimate of drug-likeness (QED) is 0.146. The van der Waals surface area contributed by atoms with Crippen molar-refractivity contribution < 1.29 is 33.9 Å². The summed E-state index contributed by atoms with van der Waals surface area (Å²) in [5, 5.41) is 16.2. The fourth-order valence-corrected chi connectivity index (χ4v) is 2.43. The summed E-state index contributed by atoms with van der Waals surface area (Å²) in [6, 6.07) is -4.65. The van der Waals surface area contributed by atoms with Crippen LogP contribution in [0.2, 0.25) is 0 Å². The van der Waals surface area contributed by atoms with E-state index in [4.69, 9.17) is 22.3 Å². The fraction of sp³-hybridized carbons (Fsp3) is 0.667. The van der Waals surface area contributed by atoms with E-state index in [0.29, 0.717) is 0 Å². The van der Waals surface area contributed by atoms with E-state index < -0.39 is 65.6 Å². The molecule has 4 atom stereocenters. The molecule has 31 heavy (non-hydrogen) atoms. The smallest absolute Gasteiger partial charge is 0.326 e. The van der Waals surface area contributed by atoms with Crippen LogP contribution in [0.4, 0.5) is 0 Å². The number of carboxylic acids is 1. The molecule has 0 rings (SSSR count). The average molecular weight is 444 g/mol. The number of nitrogens with one attached hydrogen (secondary N) is 3. The summed E-state index contributed by atoms with van der Waals surface area (Å²) >= 11 is 0. The second-order valence-corrected chi connectivity index (χ2v) is 7.48. The SMILES string of the molecule is CC(NC(=O)C(CCC(N)=O)NC(=O)C(N)CCC(N)=O)C(=O)NC(C(=O)O)C(C)C. The molecule has 4 unspecified atom stereocenters. The lowest BCUT2D eigenvalue weighted by molar-refractivity contribution is -0.143. The number of aliphatic carboxylic acids is 1. The van der Waals surface area contributed by atoms with Gasteiger partial charge in [-0.05, 0) is 25.7 Å². The van der Waals surface area contributed by atoms with Gasteiger partial charge in [0.15, 0.2) is 0 Å². The topological polar surface area (TPSA) is 237 Å². The van der Waals surface area contributed by atoms with Crippen LogP contribution in [-0.2, 0) is 28.8 Å². The molecule has 13 nitrogen and oxygen atoms in total. The van der Waals surface area contributed by atoms with E-state index in [1.807, 2.05) is 0 Å². The first kappa shape index (κ1) is 27.8. The zero-order chi connectivity index (χ0) is 24.3. The van der Waals surface area contributed by atoms with Gasteiger partial charge in [0, 0.05) is 12.8 Å². The Balaban J connectivity index is 5.12. The molecule has 0 radical (unpaired) electrons. The summed E-state index contributed by atoms with van der Waals surface area (Å²) in [6.45, 7) is 4.55. The molecule has 0 saturated carbocycles. The summed E-state index contributed by atoms with van der Waals surface area (Å²) < 4.78 is 0. The summed E-state index contributed by atoms with van der Waals surface area (Å²) in [6.07, 6.45) is -0.572. The highest BCUT2D eigenvalue weighted by Crippen LogP contribution is 2.04. The number of carbonyl (C=O) groups is 6. The van der Waals surface area contributed by atoms with Crippen molar-refractivity contribution in [3.63, 3.8) is 0 Å². The molecule has 0 aromatic rings. The predicted molar refractivity (Wildman–Crippen MR) is 109 cm³/mol. The third kappa shape index (κ3) is 10.9. The van der Waals surface area contributed by atoms with Crippen LogP contribution in [-0.4, -0.2) is 64.8 Å². The van der Waals surface area contributed by atoms with Gasteiger partial charge in [0.2, 0.25) is 29.5 Å². The van der Waals surface area contributed by atoms with Crippen LogP contribution >= 0.6 is 0 Å². The number of carboxylic acid groups (broad SMARTS) is 1. The standard InChI is InChI=1S/C18H32N6O7/c1-8(2)14(18(30)31)24-15(27)9(3)22-17(29)11(5-7-13(21)26)23-16(28)10(19)4-6-12(20)25/h8-11,14H,4-7,19H2,1-3H3,(H2,20,25)(H2,21,26)(H,22,29)(H,23,28)(H,24,27)(H,30,31). The Morgan fingerprint density at radius 2 is 1.29 bits per heavy atom. The van der Waals surface area contributed by atoms with E-state index in [9.17, 15) is 28.8 Å². The van der Waals surface area contributed by atoms with Gasteiger partial charge in [0.05, 0.1) is 6.04 Å². The van der Waals surface area contributed by atoms with Crippen molar-refractivity contribution in [1.82, 2.24) is 16.0 Å². The van der Waals surface area contributed by atoms with E-state index >= 15 is 0 Å². The number of primary amides is 2. The maximum atomic E-state index is 12.6. The normalized spacial score (nSPS) is 14.6. The molecule has 10 N–H and O–H groups in total. The monoisotopic (exact) mass is 444 g/mol. The average Bonchev–Trinajstić information content (AvgIpc) is 2.65. The van der Waals surface area contributed by atoms with Gasteiger partial charge in [-0.3, -0.25) is 24.0 Å². The molecule has 0 spiro atoms. The van der Waals surface area contributed by atoms with Gasteiger partial charge in [0.25, 0.3) is 0 Å². The van der Waals surface area contributed by atoms with Crippen molar-refractivity contribution in [2.24, 2.45) is 23.1 Å². The number of carbonyl (C=O) groups excluding carboxylic acids is 5. The van der Waals surface area contributed by atoms with Gasteiger partial charge in [-0.15, -0.1) is 0 Å². The molecule has 0 bridgehead atoms. The van der Waals surface area contributed by atoms with Gasteiger partial charge >= 0.3 is 5.97 Å². The lowest BCUT2D eigenvalue weighted by atomic mass is 10.0. The lowest BCUT2D eigenvalue weighted by Gasteiger charge is -2.24. The molecular weight excluding hydrogens is 412 g/mol. The Kier molecular flexibility index (Phi) is 11.8. The molecule has 5 amide bonds. The Labute approximate surface area is 179 Å². The lowest BCUT2D eigenvalue weighted by Crippen LogP contribution is -2.57. The minimum Gasteiger partial charge on any atom is -0.480 e. The second kappa shape index (κ2) is 13.2. The molecule has 0 aromatic heterocycles.